The van der Waals surface area contributed by atoms with Crippen molar-refractivity contribution in [1.29, 1.82) is 0 Å². The summed E-state index contributed by atoms with van der Waals surface area (Å²) in [5.41, 5.74) is 0. The number of ether oxygens (including phenoxy) is 4. The second kappa shape index (κ2) is 46.6. The van der Waals surface area contributed by atoms with E-state index < -0.39 is 86.8 Å². The van der Waals surface area contributed by atoms with Crippen LogP contribution in [0.15, 0.2) is 60.8 Å². The molecule has 75 heavy (non-hydrogen) atoms. The predicted octanol–water partition coefficient (Wildman–Crippen LogP) is 10.2. The van der Waals surface area contributed by atoms with Gasteiger partial charge in [-0.2, -0.15) is 0 Å². The Balaban J connectivity index is 1.73. The van der Waals surface area contributed by atoms with Crippen LogP contribution in [0.3, 0.4) is 0 Å². The molecular weight excluding hydrogens is 955 g/mol. The van der Waals surface area contributed by atoms with E-state index in [0.717, 1.165) is 44.9 Å². The molecule has 14 heteroatoms. The van der Waals surface area contributed by atoms with E-state index in [9.17, 15) is 45.6 Å². The lowest BCUT2D eigenvalue weighted by atomic mass is 9.97. The molecule has 0 aromatic carbocycles. The van der Waals surface area contributed by atoms with Gasteiger partial charge >= 0.3 is 0 Å². The van der Waals surface area contributed by atoms with Gasteiger partial charge in [0.15, 0.2) is 12.6 Å². The van der Waals surface area contributed by atoms with Crippen molar-refractivity contribution < 1.29 is 64.6 Å². The maximum atomic E-state index is 13.2. The van der Waals surface area contributed by atoms with Crippen LogP contribution in [-0.2, 0) is 23.7 Å². The van der Waals surface area contributed by atoms with E-state index in [1.54, 1.807) is 6.08 Å². The number of amides is 1. The zero-order chi connectivity index (χ0) is 54.6. The van der Waals surface area contributed by atoms with Crippen molar-refractivity contribution in [2.45, 2.75) is 299 Å². The van der Waals surface area contributed by atoms with Gasteiger partial charge in [0.1, 0.15) is 48.8 Å². The molecule has 0 saturated carbocycles. The number of allylic oxidation sites excluding steroid dienone is 9. The largest absolute Gasteiger partial charge is 0.394 e. The first-order chi connectivity index (χ1) is 36.6. The van der Waals surface area contributed by atoms with Crippen LogP contribution in [-0.4, -0.2) is 140 Å². The molecule has 2 saturated heterocycles. The van der Waals surface area contributed by atoms with E-state index in [2.05, 4.69) is 55.6 Å². The molecule has 1 amide bonds. The molecule has 2 rings (SSSR count). The molecule has 2 heterocycles. The van der Waals surface area contributed by atoms with Crippen LogP contribution in [0.4, 0.5) is 0 Å². The van der Waals surface area contributed by atoms with Gasteiger partial charge in [0, 0.05) is 6.42 Å². The molecule has 2 aliphatic rings. The van der Waals surface area contributed by atoms with Crippen molar-refractivity contribution in [1.82, 2.24) is 5.32 Å². The van der Waals surface area contributed by atoms with Crippen LogP contribution in [0.1, 0.15) is 226 Å². The third kappa shape index (κ3) is 32.4. The molecule has 0 aromatic rings. The summed E-state index contributed by atoms with van der Waals surface area (Å²) in [7, 11) is 0. The molecule has 0 aliphatic carbocycles. The smallest absolute Gasteiger partial charge is 0.220 e. The second-order valence-electron chi connectivity index (χ2n) is 21.1. The molecular formula is C61H109NO13. The van der Waals surface area contributed by atoms with Crippen molar-refractivity contribution in [3.8, 4) is 0 Å². The van der Waals surface area contributed by atoms with E-state index >= 15 is 0 Å². The molecule has 12 unspecified atom stereocenters. The average molecular weight is 1060 g/mol. The summed E-state index contributed by atoms with van der Waals surface area (Å²) in [4.78, 5) is 13.2. The Bertz CT molecular complexity index is 1490. The van der Waals surface area contributed by atoms with Crippen molar-refractivity contribution in [2.75, 3.05) is 19.8 Å². The summed E-state index contributed by atoms with van der Waals surface area (Å²) >= 11 is 0. The zero-order valence-electron chi connectivity index (χ0n) is 46.8. The first kappa shape index (κ1) is 68.8. The lowest BCUT2D eigenvalue weighted by Crippen LogP contribution is -2.65. The molecule has 2 aliphatic heterocycles. The Morgan fingerprint density at radius 3 is 1.39 bits per heavy atom. The van der Waals surface area contributed by atoms with Crippen LogP contribution in [0, 0.1) is 0 Å². The number of carbonyl (C=O) groups excluding carboxylic acids is 1. The van der Waals surface area contributed by atoms with Gasteiger partial charge in [-0.05, 0) is 44.9 Å². The van der Waals surface area contributed by atoms with Crippen LogP contribution in [0.2, 0.25) is 0 Å². The number of aliphatic hydroxyl groups is 8. The number of hydrogen-bond donors (Lipinski definition) is 9. The third-order valence-corrected chi connectivity index (χ3v) is 14.5. The van der Waals surface area contributed by atoms with Gasteiger partial charge in [-0.3, -0.25) is 4.79 Å². The van der Waals surface area contributed by atoms with E-state index in [-0.39, 0.29) is 18.9 Å². The van der Waals surface area contributed by atoms with Gasteiger partial charge in [0.25, 0.3) is 0 Å². The fourth-order valence-corrected chi connectivity index (χ4v) is 9.66. The molecule has 0 spiro atoms. The molecule has 0 bridgehead atoms. The Morgan fingerprint density at radius 2 is 0.920 bits per heavy atom. The van der Waals surface area contributed by atoms with Crippen molar-refractivity contribution in [2.24, 2.45) is 0 Å². The van der Waals surface area contributed by atoms with E-state index in [1.807, 2.05) is 18.2 Å². The van der Waals surface area contributed by atoms with Gasteiger partial charge in [-0.25, -0.2) is 0 Å². The minimum Gasteiger partial charge on any atom is -0.394 e. The van der Waals surface area contributed by atoms with E-state index in [4.69, 9.17) is 18.9 Å². The standard InChI is InChI=1S/C61H109NO13/c1-3-5-7-9-11-13-15-17-18-19-20-21-22-23-24-25-26-27-28-29-30-31-33-34-36-38-40-42-44-50(65)49(62-53(66)45-43-41-39-37-35-32-16-14-12-10-8-6-4-2)48-72-60-58(71)56(69)59(52(47-64)74-60)75-61-57(70)55(68)54(67)51(46-63)73-61/h6,8,12,14,32,35,39,41-42,44,49-52,54-61,63-65,67-71H,3-5,7,9-11,13,15-31,33-34,36-38,40,43,45-48H2,1-2H3,(H,62,66)/b8-6-,14-12-,35-32-,41-39-,44-42+. The van der Waals surface area contributed by atoms with Crippen molar-refractivity contribution in [3.05, 3.63) is 60.8 Å². The van der Waals surface area contributed by atoms with E-state index in [0.29, 0.717) is 6.42 Å². The Kier molecular flexibility index (Phi) is 42.7. The van der Waals surface area contributed by atoms with Crippen LogP contribution < -0.4 is 5.32 Å². The summed E-state index contributed by atoms with van der Waals surface area (Å²) in [5.74, 6) is -0.319. The summed E-state index contributed by atoms with van der Waals surface area (Å²) in [6.07, 6.45) is 43.0. The average Bonchev–Trinajstić information content (AvgIpc) is 3.41. The van der Waals surface area contributed by atoms with Gasteiger partial charge in [-0.1, -0.05) is 235 Å². The molecule has 0 radical (unpaired) electrons. The van der Waals surface area contributed by atoms with Crippen molar-refractivity contribution in [3.63, 3.8) is 0 Å². The fraction of sp³-hybridized carbons (Fsp3) is 0.820. The maximum Gasteiger partial charge on any atom is 0.220 e. The first-order valence-corrected chi connectivity index (χ1v) is 30.0. The first-order valence-electron chi connectivity index (χ1n) is 30.0. The van der Waals surface area contributed by atoms with Gasteiger partial charge < -0.3 is 65.1 Å². The van der Waals surface area contributed by atoms with Crippen LogP contribution >= 0.6 is 0 Å². The molecule has 14 nitrogen and oxygen atoms in total. The SMILES string of the molecule is CC/C=C\C/C=C\C/C=C\C/C=C\CCC(=O)NC(COC1OC(CO)C(OC2OC(CO)C(O)C(O)C2O)C(O)C1O)C(O)/C=C/CCCCCCCCCCCCCCCCCCCCCCCCCCCC. The minimum atomic E-state index is -1.80. The molecule has 2 fully saturated rings. The second-order valence-corrected chi connectivity index (χ2v) is 21.1. The topological polar surface area (TPSA) is 228 Å². The lowest BCUT2D eigenvalue weighted by Gasteiger charge is -2.46. The monoisotopic (exact) mass is 1060 g/mol. The molecule has 9 N–H and O–H groups in total. The quantitative estimate of drug-likeness (QED) is 0.0204. The maximum absolute atomic E-state index is 13.2. The predicted molar refractivity (Wildman–Crippen MR) is 300 cm³/mol. The van der Waals surface area contributed by atoms with Gasteiger partial charge in [0.2, 0.25) is 5.91 Å². The Hall–Kier alpha value is -2.31. The lowest BCUT2D eigenvalue weighted by molar-refractivity contribution is -0.359. The summed E-state index contributed by atoms with van der Waals surface area (Å²) in [6.45, 7) is 2.63. The van der Waals surface area contributed by atoms with Crippen molar-refractivity contribution >= 4 is 5.91 Å². The van der Waals surface area contributed by atoms with Gasteiger partial charge in [0.05, 0.1) is 32.0 Å². The highest BCUT2D eigenvalue weighted by Gasteiger charge is 2.51. The normalized spacial score (nSPS) is 25.5. The highest BCUT2D eigenvalue weighted by molar-refractivity contribution is 5.76. The minimum absolute atomic E-state index is 0.158. The number of rotatable bonds is 47. The molecule has 12 atom stereocenters. The summed E-state index contributed by atoms with van der Waals surface area (Å²) < 4.78 is 22.7. The van der Waals surface area contributed by atoms with E-state index in [1.165, 1.54) is 154 Å². The number of carbonyl (C=O) groups is 1. The Labute approximate surface area is 454 Å². The Morgan fingerprint density at radius 1 is 0.493 bits per heavy atom. The summed E-state index contributed by atoms with van der Waals surface area (Å²) in [6, 6.07) is -0.955. The van der Waals surface area contributed by atoms with Crippen LogP contribution in [0.25, 0.3) is 0 Å². The molecule has 0 aromatic heterocycles. The van der Waals surface area contributed by atoms with Crippen LogP contribution in [0.5, 0.6) is 0 Å². The highest BCUT2D eigenvalue weighted by atomic mass is 16.7. The highest BCUT2D eigenvalue weighted by Crippen LogP contribution is 2.30. The number of nitrogens with one attached hydrogen (secondary N) is 1. The third-order valence-electron chi connectivity index (χ3n) is 14.5. The molecule has 436 valence electrons. The summed E-state index contributed by atoms with van der Waals surface area (Å²) in [5, 5.41) is 86.9. The number of hydrogen-bond acceptors (Lipinski definition) is 13. The number of aliphatic hydroxyl groups excluding tert-OH is 8. The van der Waals surface area contributed by atoms with Gasteiger partial charge in [-0.15, -0.1) is 0 Å². The zero-order valence-corrected chi connectivity index (χ0v) is 46.8. The fourth-order valence-electron chi connectivity index (χ4n) is 9.66. The number of unbranched alkanes of at least 4 members (excludes halogenated alkanes) is 26.